The second-order valence-corrected chi connectivity index (χ2v) is 4.49. The number of nitrogens with two attached hydrogens (primary N) is 1. The zero-order chi connectivity index (χ0) is 13.5. The molecule has 0 fully saturated rings. The predicted octanol–water partition coefficient (Wildman–Crippen LogP) is 3.35. The van der Waals surface area contributed by atoms with Gasteiger partial charge in [-0.2, -0.15) is 0 Å². The molecule has 2 rings (SSSR count). The van der Waals surface area contributed by atoms with Gasteiger partial charge >= 0.3 is 0 Å². The van der Waals surface area contributed by atoms with E-state index in [1.807, 2.05) is 30.3 Å². The number of halogens is 1. The second kappa shape index (κ2) is 7.14. The Morgan fingerprint density at radius 1 is 1.05 bits per heavy atom. The molecular weight excluding hydrogens is 262 g/mol. The van der Waals surface area contributed by atoms with E-state index in [1.165, 1.54) is 0 Å². The molecule has 100 valence electrons. The van der Waals surface area contributed by atoms with Crippen molar-refractivity contribution in [1.29, 1.82) is 0 Å². The van der Waals surface area contributed by atoms with Crippen molar-refractivity contribution in [3.8, 4) is 5.75 Å². The van der Waals surface area contributed by atoms with Gasteiger partial charge in [-0.15, -0.1) is 0 Å². The summed E-state index contributed by atoms with van der Waals surface area (Å²) < 4.78 is 11.0. The van der Waals surface area contributed by atoms with Crippen LogP contribution in [0, 0.1) is 0 Å². The summed E-state index contributed by atoms with van der Waals surface area (Å²) in [4.78, 5) is 0. The second-order valence-electron chi connectivity index (χ2n) is 4.05. The molecule has 19 heavy (non-hydrogen) atoms. The van der Waals surface area contributed by atoms with Gasteiger partial charge in [-0.1, -0.05) is 41.9 Å². The Bertz CT molecular complexity index is 517. The molecule has 2 aromatic carbocycles. The topological polar surface area (TPSA) is 44.5 Å². The molecule has 0 atom stereocenters. The minimum absolute atomic E-state index is 0.184. The third kappa shape index (κ3) is 4.24. The molecule has 0 aliphatic heterocycles. The Labute approximate surface area is 117 Å². The summed E-state index contributed by atoms with van der Waals surface area (Å²) in [6, 6.07) is 15.3. The Morgan fingerprint density at radius 2 is 1.84 bits per heavy atom. The first-order chi connectivity index (χ1) is 9.29. The minimum atomic E-state index is 0.184. The Hall–Kier alpha value is -1.55. The molecule has 0 saturated carbocycles. The molecular formula is C15H16ClNO2. The summed E-state index contributed by atoms with van der Waals surface area (Å²) in [6.07, 6.45) is 0. The van der Waals surface area contributed by atoms with Gasteiger partial charge in [0.05, 0.1) is 6.61 Å². The number of ether oxygens (including phenoxy) is 2. The van der Waals surface area contributed by atoms with Crippen molar-refractivity contribution in [1.82, 2.24) is 0 Å². The van der Waals surface area contributed by atoms with Gasteiger partial charge in [0, 0.05) is 17.1 Å². The minimum Gasteiger partial charge on any atom is -0.467 e. The predicted molar refractivity (Wildman–Crippen MR) is 76.1 cm³/mol. The van der Waals surface area contributed by atoms with Gasteiger partial charge in [0.15, 0.2) is 6.79 Å². The van der Waals surface area contributed by atoms with Crippen LogP contribution in [0.25, 0.3) is 0 Å². The van der Waals surface area contributed by atoms with Crippen molar-refractivity contribution in [3.63, 3.8) is 0 Å². The first-order valence-corrected chi connectivity index (χ1v) is 6.40. The first-order valence-electron chi connectivity index (χ1n) is 6.02. The lowest BCUT2D eigenvalue weighted by Gasteiger charge is -2.11. The SMILES string of the molecule is NCc1cc(Cl)ccc1OCOCc1ccccc1. The van der Waals surface area contributed by atoms with E-state index in [0.717, 1.165) is 11.1 Å². The third-order valence-electron chi connectivity index (χ3n) is 2.65. The summed E-state index contributed by atoms with van der Waals surface area (Å²) in [5.74, 6) is 0.708. The molecule has 2 aromatic rings. The summed E-state index contributed by atoms with van der Waals surface area (Å²) in [6.45, 7) is 1.09. The highest BCUT2D eigenvalue weighted by Gasteiger charge is 2.03. The van der Waals surface area contributed by atoms with Crippen molar-refractivity contribution in [2.75, 3.05) is 6.79 Å². The Morgan fingerprint density at radius 3 is 2.58 bits per heavy atom. The van der Waals surface area contributed by atoms with Crippen molar-refractivity contribution in [3.05, 3.63) is 64.7 Å². The fraction of sp³-hybridized carbons (Fsp3) is 0.200. The normalized spacial score (nSPS) is 10.4. The van der Waals surface area contributed by atoms with E-state index in [9.17, 15) is 0 Å². The maximum absolute atomic E-state index is 5.89. The molecule has 0 spiro atoms. The van der Waals surface area contributed by atoms with Crippen LogP contribution in [0.3, 0.4) is 0 Å². The van der Waals surface area contributed by atoms with Crippen LogP contribution in [-0.2, 0) is 17.9 Å². The molecule has 0 amide bonds. The maximum Gasteiger partial charge on any atom is 0.189 e. The number of hydrogen-bond acceptors (Lipinski definition) is 3. The van der Waals surface area contributed by atoms with Gasteiger partial charge in [0.2, 0.25) is 0 Å². The van der Waals surface area contributed by atoms with Crippen molar-refractivity contribution >= 4 is 11.6 Å². The molecule has 0 aliphatic carbocycles. The van der Waals surface area contributed by atoms with Gasteiger partial charge in [-0.3, -0.25) is 0 Å². The molecule has 0 bridgehead atoms. The fourth-order valence-corrected chi connectivity index (χ4v) is 1.88. The van der Waals surface area contributed by atoms with E-state index < -0.39 is 0 Å². The van der Waals surface area contributed by atoms with Gasteiger partial charge in [-0.25, -0.2) is 0 Å². The molecule has 0 heterocycles. The van der Waals surface area contributed by atoms with E-state index >= 15 is 0 Å². The number of benzene rings is 2. The highest BCUT2D eigenvalue weighted by molar-refractivity contribution is 6.30. The van der Waals surface area contributed by atoms with E-state index in [-0.39, 0.29) is 6.79 Å². The van der Waals surface area contributed by atoms with Crippen LogP contribution in [0.15, 0.2) is 48.5 Å². The average Bonchev–Trinajstić information content (AvgIpc) is 2.46. The lowest BCUT2D eigenvalue weighted by molar-refractivity contribution is 0.00455. The molecule has 0 saturated heterocycles. The van der Waals surface area contributed by atoms with Crippen molar-refractivity contribution < 1.29 is 9.47 Å². The van der Waals surface area contributed by atoms with Crippen molar-refractivity contribution in [2.45, 2.75) is 13.2 Å². The van der Waals surface area contributed by atoms with Crippen LogP contribution in [-0.4, -0.2) is 6.79 Å². The standard InChI is InChI=1S/C15H16ClNO2/c16-14-6-7-15(13(8-14)9-17)19-11-18-10-12-4-2-1-3-5-12/h1-8H,9-11,17H2. The van der Waals surface area contributed by atoms with Crippen LogP contribution in [0.1, 0.15) is 11.1 Å². The number of hydrogen-bond donors (Lipinski definition) is 1. The molecule has 2 N–H and O–H groups in total. The highest BCUT2D eigenvalue weighted by Crippen LogP contribution is 2.22. The molecule has 4 heteroatoms. The monoisotopic (exact) mass is 277 g/mol. The lowest BCUT2D eigenvalue weighted by Crippen LogP contribution is -2.06. The Kier molecular flexibility index (Phi) is 5.21. The first kappa shape index (κ1) is 13.9. The zero-order valence-corrected chi connectivity index (χ0v) is 11.3. The molecule has 3 nitrogen and oxygen atoms in total. The molecule has 0 radical (unpaired) electrons. The van der Waals surface area contributed by atoms with Gasteiger partial charge in [0.1, 0.15) is 5.75 Å². The quantitative estimate of drug-likeness (QED) is 0.650. The summed E-state index contributed by atoms with van der Waals surface area (Å²) >= 11 is 5.89. The zero-order valence-electron chi connectivity index (χ0n) is 10.5. The van der Waals surface area contributed by atoms with Gasteiger partial charge in [0.25, 0.3) is 0 Å². The fourth-order valence-electron chi connectivity index (χ4n) is 1.69. The Balaban J connectivity index is 1.83. The maximum atomic E-state index is 5.89. The largest absolute Gasteiger partial charge is 0.467 e. The van der Waals surface area contributed by atoms with Crippen LogP contribution in [0.4, 0.5) is 0 Å². The summed E-state index contributed by atoms with van der Waals surface area (Å²) in [5.41, 5.74) is 7.62. The van der Waals surface area contributed by atoms with Gasteiger partial charge < -0.3 is 15.2 Å². The highest BCUT2D eigenvalue weighted by atomic mass is 35.5. The van der Waals surface area contributed by atoms with Gasteiger partial charge in [-0.05, 0) is 23.8 Å². The van der Waals surface area contributed by atoms with Crippen LogP contribution in [0.2, 0.25) is 5.02 Å². The summed E-state index contributed by atoms with van der Waals surface area (Å²) in [7, 11) is 0. The molecule has 0 unspecified atom stereocenters. The van der Waals surface area contributed by atoms with E-state index in [4.69, 9.17) is 26.8 Å². The van der Waals surface area contributed by atoms with E-state index in [2.05, 4.69) is 0 Å². The van der Waals surface area contributed by atoms with E-state index in [0.29, 0.717) is 23.9 Å². The summed E-state index contributed by atoms with van der Waals surface area (Å²) in [5, 5.41) is 0.651. The lowest BCUT2D eigenvalue weighted by atomic mass is 10.2. The smallest absolute Gasteiger partial charge is 0.189 e. The van der Waals surface area contributed by atoms with Crippen molar-refractivity contribution in [2.24, 2.45) is 5.73 Å². The van der Waals surface area contributed by atoms with Crippen LogP contribution < -0.4 is 10.5 Å². The number of rotatable bonds is 6. The average molecular weight is 278 g/mol. The molecule has 0 aliphatic rings. The molecule has 0 aromatic heterocycles. The van der Waals surface area contributed by atoms with Crippen LogP contribution >= 0.6 is 11.6 Å². The van der Waals surface area contributed by atoms with Crippen LogP contribution in [0.5, 0.6) is 5.75 Å². The van der Waals surface area contributed by atoms with E-state index in [1.54, 1.807) is 18.2 Å². The third-order valence-corrected chi connectivity index (χ3v) is 2.89.